The Balaban J connectivity index is 1.54. The lowest BCUT2D eigenvalue weighted by Gasteiger charge is -2.14. The molecule has 2 amide bonds. The van der Waals surface area contributed by atoms with E-state index in [9.17, 15) is 9.59 Å². The summed E-state index contributed by atoms with van der Waals surface area (Å²) >= 11 is 0. The predicted molar refractivity (Wildman–Crippen MR) is 108 cm³/mol. The third-order valence-corrected chi connectivity index (χ3v) is 4.66. The lowest BCUT2D eigenvalue weighted by molar-refractivity contribution is -0.118. The third kappa shape index (κ3) is 5.57. The Hall–Kier alpha value is -2.86. The highest BCUT2D eigenvalue weighted by atomic mass is 16.5. The zero-order valence-electron chi connectivity index (χ0n) is 16.1. The minimum Gasteiger partial charge on any atom is -0.484 e. The number of nitrogens with one attached hydrogen (secondary N) is 2. The molecule has 1 aliphatic rings. The van der Waals surface area contributed by atoms with Gasteiger partial charge in [0.05, 0.1) is 17.4 Å². The van der Waals surface area contributed by atoms with Crippen molar-refractivity contribution in [2.45, 2.75) is 32.3 Å². The van der Waals surface area contributed by atoms with Crippen LogP contribution in [0.2, 0.25) is 0 Å². The maximum absolute atomic E-state index is 12.5. The molecular weight excluding hydrogens is 356 g/mol. The molecule has 2 N–H and O–H groups in total. The van der Waals surface area contributed by atoms with Gasteiger partial charge in [0.15, 0.2) is 6.61 Å². The first kappa shape index (κ1) is 19.9. The van der Waals surface area contributed by atoms with Crippen LogP contribution in [0.4, 0.5) is 5.69 Å². The second-order valence-corrected chi connectivity index (χ2v) is 6.72. The molecule has 0 aliphatic carbocycles. The van der Waals surface area contributed by atoms with Crippen LogP contribution < -0.4 is 15.4 Å². The van der Waals surface area contributed by atoms with E-state index in [0.29, 0.717) is 23.5 Å². The second-order valence-electron chi connectivity index (χ2n) is 6.72. The summed E-state index contributed by atoms with van der Waals surface area (Å²) < 4.78 is 11.0. The Kier molecular flexibility index (Phi) is 7.03. The van der Waals surface area contributed by atoms with Crippen LogP contribution in [0, 0.1) is 0 Å². The minimum atomic E-state index is -0.320. The van der Waals surface area contributed by atoms with Crippen molar-refractivity contribution in [3.05, 3.63) is 59.7 Å². The highest BCUT2D eigenvalue weighted by Crippen LogP contribution is 2.17. The molecule has 1 atom stereocenters. The lowest BCUT2D eigenvalue weighted by atomic mass is 10.1. The molecule has 6 heteroatoms. The SMILES string of the molecule is CCc1ccc(OCC(=O)Nc2ccccc2C(=O)NC[C@@H]2CCCO2)cc1. The van der Waals surface area contributed by atoms with E-state index in [2.05, 4.69) is 17.6 Å². The van der Waals surface area contributed by atoms with Crippen LogP contribution in [0.1, 0.15) is 35.7 Å². The Morgan fingerprint density at radius 1 is 1.14 bits per heavy atom. The molecule has 1 saturated heterocycles. The van der Waals surface area contributed by atoms with Crippen molar-refractivity contribution in [1.29, 1.82) is 0 Å². The normalized spacial score (nSPS) is 15.8. The lowest BCUT2D eigenvalue weighted by Crippen LogP contribution is -2.32. The van der Waals surface area contributed by atoms with E-state index in [0.717, 1.165) is 25.9 Å². The first-order valence-corrected chi connectivity index (χ1v) is 9.66. The minimum absolute atomic E-state index is 0.0678. The van der Waals surface area contributed by atoms with Crippen LogP contribution >= 0.6 is 0 Å². The van der Waals surface area contributed by atoms with E-state index in [1.54, 1.807) is 24.3 Å². The van der Waals surface area contributed by atoms with Gasteiger partial charge in [-0.3, -0.25) is 9.59 Å². The summed E-state index contributed by atoms with van der Waals surface area (Å²) in [5.74, 6) is 0.0800. The molecule has 2 aromatic carbocycles. The zero-order chi connectivity index (χ0) is 19.8. The van der Waals surface area contributed by atoms with Crippen LogP contribution in [0.25, 0.3) is 0 Å². The van der Waals surface area contributed by atoms with E-state index >= 15 is 0 Å². The number of amides is 2. The van der Waals surface area contributed by atoms with Gasteiger partial charge in [-0.2, -0.15) is 0 Å². The highest BCUT2D eigenvalue weighted by Gasteiger charge is 2.18. The number of para-hydroxylation sites is 1. The van der Waals surface area contributed by atoms with Crippen LogP contribution in [0.15, 0.2) is 48.5 Å². The van der Waals surface area contributed by atoms with Gasteiger partial charge in [-0.25, -0.2) is 0 Å². The van der Waals surface area contributed by atoms with Crippen molar-refractivity contribution in [2.24, 2.45) is 0 Å². The smallest absolute Gasteiger partial charge is 0.262 e. The molecule has 0 saturated carbocycles. The van der Waals surface area contributed by atoms with Gasteiger partial charge in [-0.15, -0.1) is 0 Å². The van der Waals surface area contributed by atoms with Gasteiger partial charge in [0.1, 0.15) is 5.75 Å². The van der Waals surface area contributed by atoms with Crippen molar-refractivity contribution < 1.29 is 19.1 Å². The van der Waals surface area contributed by atoms with Crippen molar-refractivity contribution in [3.63, 3.8) is 0 Å². The number of anilines is 1. The predicted octanol–water partition coefficient (Wildman–Crippen LogP) is 3.18. The molecule has 1 aliphatic heterocycles. The van der Waals surface area contributed by atoms with E-state index in [1.165, 1.54) is 5.56 Å². The highest BCUT2D eigenvalue weighted by molar-refractivity contribution is 6.04. The van der Waals surface area contributed by atoms with Gasteiger partial charge in [0.2, 0.25) is 0 Å². The topological polar surface area (TPSA) is 76.7 Å². The molecule has 28 heavy (non-hydrogen) atoms. The van der Waals surface area contributed by atoms with Gasteiger partial charge in [-0.1, -0.05) is 31.2 Å². The van der Waals surface area contributed by atoms with Gasteiger partial charge in [0.25, 0.3) is 11.8 Å². The Morgan fingerprint density at radius 3 is 2.64 bits per heavy atom. The Morgan fingerprint density at radius 2 is 1.93 bits per heavy atom. The number of rotatable bonds is 8. The number of aryl methyl sites for hydroxylation is 1. The summed E-state index contributed by atoms with van der Waals surface area (Å²) in [6.45, 7) is 3.17. The summed E-state index contributed by atoms with van der Waals surface area (Å²) in [4.78, 5) is 24.8. The van der Waals surface area contributed by atoms with E-state index in [1.807, 2.05) is 24.3 Å². The fourth-order valence-corrected chi connectivity index (χ4v) is 3.05. The van der Waals surface area contributed by atoms with E-state index < -0.39 is 0 Å². The summed E-state index contributed by atoms with van der Waals surface area (Å²) in [7, 11) is 0. The van der Waals surface area contributed by atoms with E-state index in [-0.39, 0.29) is 24.5 Å². The first-order chi connectivity index (χ1) is 13.7. The summed E-state index contributed by atoms with van der Waals surface area (Å²) in [6.07, 6.45) is 2.99. The maximum Gasteiger partial charge on any atom is 0.262 e. The van der Waals surface area contributed by atoms with Gasteiger partial charge < -0.3 is 20.1 Å². The number of hydrogen-bond acceptors (Lipinski definition) is 4. The molecular formula is C22H26N2O4. The monoisotopic (exact) mass is 382 g/mol. The fraction of sp³-hybridized carbons (Fsp3) is 0.364. The molecule has 1 heterocycles. The largest absolute Gasteiger partial charge is 0.484 e. The number of benzene rings is 2. The summed E-state index contributed by atoms with van der Waals surface area (Å²) in [6, 6.07) is 14.6. The summed E-state index contributed by atoms with van der Waals surface area (Å²) in [5.41, 5.74) is 2.09. The average Bonchev–Trinajstić information content (AvgIpc) is 3.25. The Bertz CT molecular complexity index is 798. The van der Waals surface area contributed by atoms with Gasteiger partial charge >= 0.3 is 0 Å². The van der Waals surface area contributed by atoms with E-state index in [4.69, 9.17) is 9.47 Å². The Labute approximate surface area is 165 Å². The van der Waals surface area contributed by atoms with Crippen LogP contribution in [-0.2, 0) is 16.0 Å². The zero-order valence-corrected chi connectivity index (χ0v) is 16.1. The van der Waals surface area contributed by atoms with Crippen molar-refractivity contribution in [2.75, 3.05) is 25.1 Å². The van der Waals surface area contributed by atoms with Crippen molar-refractivity contribution in [1.82, 2.24) is 5.32 Å². The quantitative estimate of drug-likeness (QED) is 0.735. The second kappa shape index (κ2) is 9.90. The van der Waals surface area contributed by atoms with Crippen LogP contribution in [-0.4, -0.2) is 37.7 Å². The molecule has 148 valence electrons. The number of ether oxygens (including phenoxy) is 2. The molecule has 6 nitrogen and oxygen atoms in total. The molecule has 0 aromatic heterocycles. The first-order valence-electron chi connectivity index (χ1n) is 9.66. The average molecular weight is 382 g/mol. The molecule has 2 aromatic rings. The standard InChI is InChI=1S/C22H26N2O4/c1-2-16-9-11-17(12-10-16)28-15-21(25)24-20-8-4-3-7-19(20)22(26)23-14-18-6-5-13-27-18/h3-4,7-12,18H,2,5-6,13-15H2,1H3,(H,23,26)(H,24,25)/t18-/m0/s1. The van der Waals surface area contributed by atoms with Crippen LogP contribution in [0.5, 0.6) is 5.75 Å². The fourth-order valence-electron chi connectivity index (χ4n) is 3.05. The van der Waals surface area contributed by atoms with Crippen molar-refractivity contribution in [3.8, 4) is 5.75 Å². The number of carbonyl (C=O) groups excluding carboxylic acids is 2. The van der Waals surface area contributed by atoms with Gasteiger partial charge in [0, 0.05) is 13.2 Å². The third-order valence-electron chi connectivity index (χ3n) is 4.66. The molecule has 0 unspecified atom stereocenters. The molecule has 0 bridgehead atoms. The molecule has 1 fully saturated rings. The van der Waals surface area contributed by atoms with Crippen molar-refractivity contribution >= 4 is 17.5 Å². The van der Waals surface area contributed by atoms with Crippen LogP contribution in [0.3, 0.4) is 0 Å². The number of hydrogen-bond donors (Lipinski definition) is 2. The molecule has 0 radical (unpaired) electrons. The molecule has 0 spiro atoms. The number of carbonyl (C=O) groups is 2. The molecule has 3 rings (SSSR count). The van der Waals surface area contributed by atoms with Gasteiger partial charge in [-0.05, 0) is 49.1 Å². The maximum atomic E-state index is 12.5. The summed E-state index contributed by atoms with van der Waals surface area (Å²) in [5, 5.41) is 5.63.